The molecule has 0 aliphatic carbocycles. The van der Waals surface area contributed by atoms with E-state index < -0.39 is 0 Å². The van der Waals surface area contributed by atoms with Gasteiger partial charge in [0.1, 0.15) is 5.75 Å². The molecule has 1 aromatic carbocycles. The van der Waals surface area contributed by atoms with Gasteiger partial charge in [-0.25, -0.2) is 0 Å². The average molecular weight is 302 g/mol. The Hall–Kier alpha value is -0.580. The Morgan fingerprint density at radius 3 is 2.82 bits per heavy atom. The van der Waals surface area contributed by atoms with Crippen LogP contribution in [0.2, 0.25) is 0 Å². The van der Waals surface area contributed by atoms with E-state index in [2.05, 4.69) is 28.2 Å². The molecule has 0 bridgehead atoms. The van der Waals surface area contributed by atoms with Gasteiger partial charge in [0.15, 0.2) is 0 Å². The summed E-state index contributed by atoms with van der Waals surface area (Å²) < 4.78 is 11.8. The van der Waals surface area contributed by atoms with Gasteiger partial charge in [-0.2, -0.15) is 0 Å². The van der Waals surface area contributed by atoms with Gasteiger partial charge in [0, 0.05) is 11.0 Å². The zero-order chi connectivity index (χ0) is 12.5. The fourth-order valence-electron chi connectivity index (χ4n) is 1.42. The molecule has 1 aromatic rings. The maximum atomic E-state index is 5.60. The quantitative estimate of drug-likeness (QED) is 0.749. The van der Waals surface area contributed by atoms with Gasteiger partial charge in [-0.05, 0) is 36.7 Å². The van der Waals surface area contributed by atoms with Crippen molar-refractivity contribution >= 4 is 15.9 Å². The van der Waals surface area contributed by atoms with Crippen LogP contribution in [-0.2, 0) is 11.3 Å². The van der Waals surface area contributed by atoms with Crippen molar-refractivity contribution in [2.75, 3.05) is 26.8 Å². The molecular formula is C13H20BrNO2. The van der Waals surface area contributed by atoms with E-state index in [1.165, 1.54) is 0 Å². The third-order valence-electron chi connectivity index (χ3n) is 2.36. The lowest BCUT2D eigenvalue weighted by Gasteiger charge is -2.08. The Labute approximate surface area is 112 Å². The first-order valence-corrected chi connectivity index (χ1v) is 6.68. The molecular weight excluding hydrogens is 282 g/mol. The molecule has 0 saturated carbocycles. The molecule has 1 N–H and O–H groups in total. The van der Waals surface area contributed by atoms with Gasteiger partial charge in [-0.15, -0.1) is 0 Å². The second-order valence-electron chi connectivity index (χ2n) is 3.76. The van der Waals surface area contributed by atoms with E-state index in [0.29, 0.717) is 6.61 Å². The number of rotatable bonds is 8. The summed E-state index contributed by atoms with van der Waals surface area (Å²) in [6, 6.07) is 5.90. The van der Waals surface area contributed by atoms with Gasteiger partial charge >= 0.3 is 0 Å². The minimum absolute atomic E-state index is 0.603. The molecule has 3 nitrogen and oxygen atoms in total. The van der Waals surface area contributed by atoms with Crippen molar-refractivity contribution in [1.82, 2.24) is 5.32 Å². The van der Waals surface area contributed by atoms with E-state index in [0.717, 1.165) is 41.9 Å². The molecule has 96 valence electrons. The Bertz CT molecular complexity index is 331. The third kappa shape index (κ3) is 5.52. The lowest BCUT2D eigenvalue weighted by molar-refractivity contribution is 0.122. The van der Waals surface area contributed by atoms with Gasteiger partial charge in [0.2, 0.25) is 0 Å². The number of ether oxygens (including phenoxy) is 2. The molecule has 0 unspecified atom stereocenters. The Balaban J connectivity index is 2.30. The van der Waals surface area contributed by atoms with Crippen LogP contribution in [0.4, 0.5) is 0 Å². The first kappa shape index (κ1) is 14.5. The van der Waals surface area contributed by atoms with Crippen molar-refractivity contribution in [3.63, 3.8) is 0 Å². The lowest BCUT2D eigenvalue weighted by Crippen LogP contribution is -2.20. The molecule has 0 aliphatic heterocycles. The Kier molecular flexibility index (Phi) is 7.24. The molecule has 0 fully saturated rings. The van der Waals surface area contributed by atoms with E-state index in [4.69, 9.17) is 9.47 Å². The maximum Gasteiger partial charge on any atom is 0.119 e. The maximum absolute atomic E-state index is 5.60. The molecule has 0 radical (unpaired) electrons. The third-order valence-corrected chi connectivity index (χ3v) is 3.13. The second-order valence-corrected chi connectivity index (χ2v) is 4.61. The van der Waals surface area contributed by atoms with Crippen LogP contribution in [0.5, 0.6) is 5.75 Å². The van der Waals surface area contributed by atoms with Crippen LogP contribution in [0.1, 0.15) is 18.9 Å². The van der Waals surface area contributed by atoms with Crippen molar-refractivity contribution in [2.45, 2.75) is 20.0 Å². The predicted molar refractivity (Wildman–Crippen MR) is 73.5 cm³/mol. The summed E-state index contributed by atoms with van der Waals surface area (Å²) in [6.07, 6.45) is 1.15. The van der Waals surface area contributed by atoms with E-state index in [1.807, 2.05) is 18.2 Å². The number of hydrogen-bond acceptors (Lipinski definition) is 3. The normalized spacial score (nSPS) is 10.5. The smallest absolute Gasteiger partial charge is 0.119 e. The van der Waals surface area contributed by atoms with Gasteiger partial charge in [-0.3, -0.25) is 0 Å². The zero-order valence-electron chi connectivity index (χ0n) is 10.5. The van der Waals surface area contributed by atoms with E-state index in [-0.39, 0.29) is 0 Å². The summed E-state index contributed by atoms with van der Waals surface area (Å²) in [4.78, 5) is 0. The minimum atomic E-state index is 0.603. The molecule has 4 heteroatoms. The van der Waals surface area contributed by atoms with Crippen molar-refractivity contribution in [2.24, 2.45) is 0 Å². The topological polar surface area (TPSA) is 30.5 Å². The van der Waals surface area contributed by atoms with E-state index in [1.54, 1.807) is 7.11 Å². The first-order valence-electron chi connectivity index (χ1n) is 5.88. The van der Waals surface area contributed by atoms with Crippen LogP contribution < -0.4 is 10.1 Å². The summed E-state index contributed by atoms with van der Waals surface area (Å²) in [7, 11) is 1.67. The highest BCUT2D eigenvalue weighted by Gasteiger charge is 2.02. The van der Waals surface area contributed by atoms with Gasteiger partial charge in [-0.1, -0.05) is 22.9 Å². The molecule has 0 amide bonds. The van der Waals surface area contributed by atoms with Crippen LogP contribution in [0.15, 0.2) is 22.7 Å². The largest absolute Gasteiger partial charge is 0.497 e. The fraction of sp³-hybridized carbons (Fsp3) is 0.538. The molecule has 0 heterocycles. The first-order chi connectivity index (χ1) is 8.27. The average Bonchev–Trinajstić information content (AvgIpc) is 2.35. The van der Waals surface area contributed by atoms with Crippen LogP contribution >= 0.6 is 15.9 Å². The molecule has 0 aromatic heterocycles. The van der Waals surface area contributed by atoms with Crippen LogP contribution in [0.25, 0.3) is 0 Å². The molecule has 0 spiro atoms. The van der Waals surface area contributed by atoms with Crippen molar-refractivity contribution in [1.29, 1.82) is 0 Å². The molecule has 0 atom stereocenters. The highest BCUT2D eigenvalue weighted by Crippen LogP contribution is 2.22. The summed E-state index contributed by atoms with van der Waals surface area (Å²) >= 11 is 3.50. The summed E-state index contributed by atoms with van der Waals surface area (Å²) in [5.41, 5.74) is 1.11. The van der Waals surface area contributed by atoms with Crippen molar-refractivity contribution < 1.29 is 9.47 Å². The Morgan fingerprint density at radius 2 is 2.12 bits per heavy atom. The summed E-state index contributed by atoms with van der Waals surface area (Å²) in [6.45, 7) is 5.43. The van der Waals surface area contributed by atoms with Gasteiger partial charge < -0.3 is 14.8 Å². The predicted octanol–water partition coefficient (Wildman–Crippen LogP) is 2.97. The van der Waals surface area contributed by atoms with Gasteiger partial charge in [0.05, 0.1) is 20.3 Å². The summed E-state index contributed by atoms with van der Waals surface area (Å²) in [5, 5.41) is 3.30. The molecule has 1 rings (SSSR count). The highest BCUT2D eigenvalue weighted by atomic mass is 79.9. The molecule has 0 saturated heterocycles. The standard InChI is InChI=1S/C13H20BrNO2/c1-3-6-15-7-8-17-10-11-9-12(16-2)4-5-13(11)14/h4-5,9,15H,3,6-8,10H2,1-2H3. The zero-order valence-corrected chi connectivity index (χ0v) is 12.0. The second kappa shape index (κ2) is 8.50. The fourth-order valence-corrected chi connectivity index (χ4v) is 1.78. The summed E-state index contributed by atoms with van der Waals surface area (Å²) in [5.74, 6) is 0.857. The van der Waals surface area contributed by atoms with Crippen LogP contribution in [0, 0.1) is 0 Å². The number of halogens is 1. The number of nitrogens with one attached hydrogen (secondary N) is 1. The monoisotopic (exact) mass is 301 g/mol. The SMILES string of the molecule is CCCNCCOCc1cc(OC)ccc1Br. The Morgan fingerprint density at radius 1 is 1.29 bits per heavy atom. The number of benzene rings is 1. The molecule has 0 aliphatic rings. The van der Waals surface area contributed by atoms with Crippen LogP contribution in [0.3, 0.4) is 0 Å². The van der Waals surface area contributed by atoms with Crippen LogP contribution in [-0.4, -0.2) is 26.8 Å². The van der Waals surface area contributed by atoms with Crippen molar-refractivity contribution in [3.05, 3.63) is 28.2 Å². The van der Waals surface area contributed by atoms with Crippen molar-refractivity contribution in [3.8, 4) is 5.75 Å². The van der Waals surface area contributed by atoms with Gasteiger partial charge in [0.25, 0.3) is 0 Å². The highest BCUT2D eigenvalue weighted by molar-refractivity contribution is 9.10. The van der Waals surface area contributed by atoms with E-state index >= 15 is 0 Å². The number of methoxy groups -OCH3 is 1. The van der Waals surface area contributed by atoms with E-state index in [9.17, 15) is 0 Å². The molecule has 17 heavy (non-hydrogen) atoms. The lowest BCUT2D eigenvalue weighted by atomic mass is 10.2. The minimum Gasteiger partial charge on any atom is -0.497 e. The number of hydrogen-bond donors (Lipinski definition) is 1.